The summed E-state index contributed by atoms with van der Waals surface area (Å²) in [5.41, 5.74) is 3.03. The van der Waals surface area contributed by atoms with Gasteiger partial charge in [-0.2, -0.15) is 0 Å². The molecule has 3 aromatic rings. The van der Waals surface area contributed by atoms with Gasteiger partial charge in [0, 0.05) is 24.6 Å². The summed E-state index contributed by atoms with van der Waals surface area (Å²) in [4.78, 5) is 28.9. The number of ether oxygens (including phenoxy) is 2. The summed E-state index contributed by atoms with van der Waals surface area (Å²) in [5.74, 6) is -1.61. The van der Waals surface area contributed by atoms with Crippen molar-refractivity contribution in [1.82, 2.24) is 10.3 Å². The molecule has 0 saturated heterocycles. The van der Waals surface area contributed by atoms with Crippen LogP contribution in [0.15, 0.2) is 66.9 Å². The molecule has 1 aromatic heterocycles. The van der Waals surface area contributed by atoms with Gasteiger partial charge in [-0.3, -0.25) is 9.59 Å². The Kier molecular flexibility index (Phi) is 8.02. The number of aromatic hydroxyl groups is 1. The number of hydrogen-bond acceptors (Lipinski definition) is 6. The summed E-state index contributed by atoms with van der Waals surface area (Å²) >= 11 is 0. The van der Waals surface area contributed by atoms with Crippen molar-refractivity contribution in [2.45, 2.75) is 32.3 Å². The molecule has 0 aliphatic heterocycles. The van der Waals surface area contributed by atoms with Crippen molar-refractivity contribution in [3.05, 3.63) is 89.2 Å². The number of aromatic nitrogens is 1. The third kappa shape index (κ3) is 6.32. The molecule has 0 spiro atoms. The van der Waals surface area contributed by atoms with E-state index in [9.17, 15) is 14.7 Å². The summed E-state index contributed by atoms with van der Waals surface area (Å²) < 4.78 is 10.8. The van der Waals surface area contributed by atoms with Gasteiger partial charge < -0.3 is 19.9 Å². The van der Waals surface area contributed by atoms with Gasteiger partial charge in [0.2, 0.25) is 0 Å². The van der Waals surface area contributed by atoms with Crippen molar-refractivity contribution >= 4 is 11.9 Å². The van der Waals surface area contributed by atoms with Crippen molar-refractivity contribution < 1.29 is 24.2 Å². The first-order valence-electron chi connectivity index (χ1n) is 10.7. The molecular weight excluding hydrogens is 420 g/mol. The summed E-state index contributed by atoms with van der Waals surface area (Å²) in [7, 11) is 1.37. The summed E-state index contributed by atoms with van der Waals surface area (Å²) in [6, 6.07) is 19.4. The Bertz CT molecular complexity index is 1080. The topological polar surface area (TPSA) is 97.8 Å². The number of methoxy groups -OCH3 is 1. The fourth-order valence-electron chi connectivity index (χ4n) is 3.47. The molecule has 7 heteroatoms. The Morgan fingerprint density at radius 3 is 2.42 bits per heavy atom. The van der Waals surface area contributed by atoms with E-state index < -0.39 is 18.0 Å². The van der Waals surface area contributed by atoms with E-state index in [0.717, 1.165) is 16.7 Å². The Hall–Kier alpha value is -3.87. The second-order valence-corrected chi connectivity index (χ2v) is 7.81. The molecule has 1 amide bonds. The maximum absolute atomic E-state index is 12.6. The zero-order valence-corrected chi connectivity index (χ0v) is 18.9. The first kappa shape index (κ1) is 23.8. The molecule has 3 rings (SSSR count). The quantitative estimate of drug-likeness (QED) is 0.484. The number of aryl methyl sites for hydroxylation is 1. The molecule has 7 nitrogen and oxygen atoms in total. The average Bonchev–Trinajstić information content (AvgIpc) is 2.83. The summed E-state index contributed by atoms with van der Waals surface area (Å²) in [5, 5.41) is 12.5. The fraction of sp³-hybridized carbons (Fsp3) is 0.269. The maximum atomic E-state index is 12.6. The van der Waals surface area contributed by atoms with Crippen LogP contribution in [-0.2, 0) is 16.0 Å². The van der Waals surface area contributed by atoms with Gasteiger partial charge in [0.05, 0.1) is 7.11 Å². The van der Waals surface area contributed by atoms with Crippen molar-refractivity contribution in [1.29, 1.82) is 0 Å². The van der Waals surface area contributed by atoms with Gasteiger partial charge in [0.15, 0.2) is 17.2 Å². The Morgan fingerprint density at radius 2 is 1.76 bits per heavy atom. The van der Waals surface area contributed by atoms with Gasteiger partial charge in [0.25, 0.3) is 5.91 Å². The predicted molar refractivity (Wildman–Crippen MR) is 124 cm³/mol. The predicted octanol–water partition coefficient (Wildman–Crippen LogP) is 3.79. The molecule has 2 aromatic carbocycles. The highest BCUT2D eigenvalue weighted by molar-refractivity contribution is 5.97. The number of carbonyl (C=O) groups is 2. The van der Waals surface area contributed by atoms with Crippen LogP contribution in [0.2, 0.25) is 0 Å². The minimum Gasteiger partial charge on any atom is -0.503 e. The molecule has 2 N–H and O–H groups in total. The molecule has 0 bridgehead atoms. The monoisotopic (exact) mass is 448 g/mol. The number of esters is 1. The van der Waals surface area contributed by atoms with Gasteiger partial charge in [0.1, 0.15) is 12.6 Å². The van der Waals surface area contributed by atoms with E-state index in [4.69, 9.17) is 9.47 Å². The first-order valence-corrected chi connectivity index (χ1v) is 10.7. The van der Waals surface area contributed by atoms with Gasteiger partial charge in [-0.15, -0.1) is 0 Å². The number of hydrogen-bond donors (Lipinski definition) is 2. The highest BCUT2D eigenvalue weighted by Gasteiger charge is 2.24. The second kappa shape index (κ2) is 11.1. The van der Waals surface area contributed by atoms with E-state index in [-0.39, 0.29) is 29.7 Å². The smallest absolute Gasteiger partial charge is 0.325 e. The van der Waals surface area contributed by atoms with Crippen LogP contribution in [-0.4, -0.2) is 41.7 Å². The largest absolute Gasteiger partial charge is 0.503 e. The Balaban J connectivity index is 1.69. The molecule has 2 unspecified atom stereocenters. The van der Waals surface area contributed by atoms with E-state index in [0.29, 0.717) is 6.42 Å². The molecule has 2 atom stereocenters. The molecule has 0 saturated carbocycles. The SMILES string of the molecule is COc1ccnc(C(=O)NCC(=O)OC(Cc2ccccc2)C(C)c2ccc(C)cc2)c1O. The molecule has 33 heavy (non-hydrogen) atoms. The second-order valence-electron chi connectivity index (χ2n) is 7.81. The van der Waals surface area contributed by atoms with Crippen molar-refractivity contribution in [2.75, 3.05) is 13.7 Å². The lowest BCUT2D eigenvalue weighted by atomic mass is 9.90. The Labute approximate surface area is 193 Å². The van der Waals surface area contributed by atoms with Crippen molar-refractivity contribution in [2.24, 2.45) is 0 Å². The van der Waals surface area contributed by atoms with Crippen LogP contribution in [0, 0.1) is 6.92 Å². The highest BCUT2D eigenvalue weighted by atomic mass is 16.5. The van der Waals surface area contributed by atoms with E-state index in [2.05, 4.69) is 10.3 Å². The van der Waals surface area contributed by atoms with Gasteiger partial charge >= 0.3 is 5.97 Å². The minimum atomic E-state index is -0.699. The van der Waals surface area contributed by atoms with Gasteiger partial charge in [-0.1, -0.05) is 67.1 Å². The lowest BCUT2D eigenvalue weighted by Crippen LogP contribution is -2.35. The van der Waals surface area contributed by atoms with Crippen molar-refractivity contribution in [3.63, 3.8) is 0 Å². The maximum Gasteiger partial charge on any atom is 0.325 e. The standard InChI is InChI=1S/C26H28N2O5/c1-17-9-11-20(12-10-17)18(2)22(15-19-7-5-4-6-8-19)33-23(29)16-28-26(31)24-25(30)21(32-3)13-14-27-24/h4-14,18,22,30H,15-16H2,1-3H3,(H,28,31). The highest BCUT2D eigenvalue weighted by Crippen LogP contribution is 2.27. The van der Waals surface area contributed by atoms with Crippen LogP contribution in [0.4, 0.5) is 0 Å². The lowest BCUT2D eigenvalue weighted by Gasteiger charge is -2.25. The normalized spacial score (nSPS) is 12.5. The molecule has 1 heterocycles. The van der Waals surface area contributed by atoms with E-state index in [1.165, 1.54) is 19.4 Å². The molecular formula is C26H28N2O5. The molecule has 172 valence electrons. The number of pyridine rings is 1. The van der Waals surface area contributed by atoms with E-state index >= 15 is 0 Å². The van der Waals surface area contributed by atoms with Crippen LogP contribution in [0.1, 0.15) is 40.0 Å². The fourth-order valence-corrected chi connectivity index (χ4v) is 3.47. The van der Waals surface area contributed by atoms with Crippen LogP contribution in [0.3, 0.4) is 0 Å². The minimum absolute atomic E-state index is 0.0606. The molecule has 0 aliphatic carbocycles. The number of rotatable bonds is 9. The van der Waals surface area contributed by atoms with Crippen LogP contribution in [0.5, 0.6) is 11.5 Å². The zero-order valence-electron chi connectivity index (χ0n) is 18.9. The first-order chi connectivity index (χ1) is 15.9. The van der Waals surface area contributed by atoms with Crippen LogP contribution < -0.4 is 10.1 Å². The molecule has 0 fully saturated rings. The van der Waals surface area contributed by atoms with Gasteiger partial charge in [-0.25, -0.2) is 4.98 Å². The molecule has 0 aliphatic rings. The summed E-state index contributed by atoms with van der Waals surface area (Å²) in [6.45, 7) is 3.68. The third-order valence-corrected chi connectivity index (χ3v) is 5.44. The third-order valence-electron chi connectivity index (χ3n) is 5.44. The molecule has 0 radical (unpaired) electrons. The van der Waals surface area contributed by atoms with Gasteiger partial charge in [-0.05, 0) is 18.1 Å². The van der Waals surface area contributed by atoms with Crippen LogP contribution >= 0.6 is 0 Å². The van der Waals surface area contributed by atoms with E-state index in [1.807, 2.05) is 68.4 Å². The van der Waals surface area contributed by atoms with Crippen LogP contribution in [0.25, 0.3) is 0 Å². The number of carbonyl (C=O) groups excluding carboxylic acids is 2. The van der Waals surface area contributed by atoms with Crippen molar-refractivity contribution in [3.8, 4) is 11.5 Å². The number of nitrogens with one attached hydrogen (secondary N) is 1. The number of benzene rings is 2. The summed E-state index contributed by atoms with van der Waals surface area (Å²) in [6.07, 6.45) is 1.45. The Morgan fingerprint density at radius 1 is 1.06 bits per heavy atom. The zero-order chi connectivity index (χ0) is 23.8. The average molecular weight is 449 g/mol. The number of amides is 1. The van der Waals surface area contributed by atoms with E-state index in [1.54, 1.807) is 0 Å². The number of nitrogens with zero attached hydrogens (tertiary/aromatic N) is 1. The lowest BCUT2D eigenvalue weighted by molar-refractivity contribution is -0.148.